The second kappa shape index (κ2) is 7.68. The number of hydrogen-bond acceptors (Lipinski definition) is 3. The van der Waals surface area contributed by atoms with Crippen LogP contribution in [0.5, 0.6) is 0 Å². The fourth-order valence-corrected chi connectivity index (χ4v) is 3.06. The van der Waals surface area contributed by atoms with Crippen LogP contribution in [0.1, 0.15) is 19.3 Å². The Bertz CT molecular complexity index is 694. The van der Waals surface area contributed by atoms with E-state index in [2.05, 4.69) is 15.2 Å². The fraction of sp³-hybridized carbons (Fsp3) is 0.500. The number of aliphatic hydroxyl groups is 1. The molecule has 2 aromatic rings. The Balaban J connectivity index is 1.63. The zero-order valence-corrected chi connectivity index (χ0v) is 14.0. The maximum atomic E-state index is 12.2. The number of anilines is 1. The number of carbonyl (C=O) groups is 1. The van der Waals surface area contributed by atoms with Gasteiger partial charge < -0.3 is 25.0 Å². The van der Waals surface area contributed by atoms with E-state index in [4.69, 9.17) is 9.84 Å². The van der Waals surface area contributed by atoms with Crippen LogP contribution in [-0.2, 0) is 11.3 Å². The number of rotatable bonds is 8. The average molecular weight is 331 g/mol. The quantitative estimate of drug-likeness (QED) is 0.696. The summed E-state index contributed by atoms with van der Waals surface area (Å²) in [6, 6.07) is 7.77. The van der Waals surface area contributed by atoms with Crippen molar-refractivity contribution in [3.05, 3.63) is 30.5 Å². The summed E-state index contributed by atoms with van der Waals surface area (Å²) in [5, 5.41) is 16.1. The maximum Gasteiger partial charge on any atom is 0.319 e. The molecule has 3 N–H and O–H groups in total. The first-order chi connectivity index (χ1) is 11.7. The lowest BCUT2D eigenvalue weighted by atomic mass is 10.1. The second-order valence-corrected chi connectivity index (χ2v) is 6.33. The first-order valence-electron chi connectivity index (χ1n) is 8.47. The molecular weight excluding hydrogens is 306 g/mol. The van der Waals surface area contributed by atoms with Gasteiger partial charge in [-0.05, 0) is 49.4 Å². The second-order valence-electron chi connectivity index (χ2n) is 6.33. The summed E-state index contributed by atoms with van der Waals surface area (Å²) in [5.74, 6) is 0.514. The minimum Gasteiger partial charge on any atom is -0.396 e. The van der Waals surface area contributed by atoms with E-state index in [0.717, 1.165) is 36.0 Å². The van der Waals surface area contributed by atoms with Gasteiger partial charge in [-0.1, -0.05) is 0 Å². The van der Waals surface area contributed by atoms with Gasteiger partial charge in [-0.25, -0.2) is 4.79 Å². The third-order valence-corrected chi connectivity index (χ3v) is 4.51. The van der Waals surface area contributed by atoms with Crippen LogP contribution < -0.4 is 10.6 Å². The number of urea groups is 1. The van der Waals surface area contributed by atoms with E-state index in [0.29, 0.717) is 18.9 Å². The summed E-state index contributed by atoms with van der Waals surface area (Å²) >= 11 is 0. The van der Waals surface area contributed by atoms with E-state index >= 15 is 0 Å². The van der Waals surface area contributed by atoms with E-state index in [-0.39, 0.29) is 18.7 Å². The first kappa shape index (κ1) is 16.8. The van der Waals surface area contributed by atoms with Crippen molar-refractivity contribution in [3.63, 3.8) is 0 Å². The van der Waals surface area contributed by atoms with Gasteiger partial charge >= 0.3 is 6.03 Å². The van der Waals surface area contributed by atoms with Crippen molar-refractivity contribution in [1.29, 1.82) is 0 Å². The number of amides is 2. The Hall–Kier alpha value is -2.05. The first-order valence-corrected chi connectivity index (χ1v) is 8.47. The Morgan fingerprint density at radius 3 is 2.96 bits per heavy atom. The van der Waals surface area contributed by atoms with Crippen molar-refractivity contribution in [3.8, 4) is 0 Å². The van der Waals surface area contributed by atoms with E-state index in [1.54, 1.807) is 7.11 Å². The molecule has 6 heteroatoms. The summed E-state index contributed by atoms with van der Waals surface area (Å²) < 4.78 is 7.25. The number of carbonyl (C=O) groups excluding carboxylic acids is 1. The molecule has 3 rings (SSSR count). The highest BCUT2D eigenvalue weighted by molar-refractivity contribution is 5.93. The number of nitrogens with zero attached hydrogens (tertiary/aromatic N) is 1. The van der Waals surface area contributed by atoms with Crippen molar-refractivity contribution < 1.29 is 14.6 Å². The third-order valence-electron chi connectivity index (χ3n) is 4.51. The number of aliphatic hydroxyl groups excluding tert-OH is 1. The lowest BCUT2D eigenvalue weighted by molar-refractivity contribution is 0.188. The molecule has 1 heterocycles. The molecule has 1 aliphatic carbocycles. The van der Waals surface area contributed by atoms with Crippen LogP contribution in [0.2, 0.25) is 0 Å². The van der Waals surface area contributed by atoms with Crippen LogP contribution in [0.15, 0.2) is 30.5 Å². The van der Waals surface area contributed by atoms with Gasteiger partial charge in [-0.15, -0.1) is 0 Å². The SMILES string of the molecule is COCCn1ccc2cc(NC(=O)N[C@H](CCO)C3CC3)ccc21. The molecule has 2 amide bonds. The number of benzene rings is 1. The number of nitrogens with one attached hydrogen (secondary N) is 2. The largest absolute Gasteiger partial charge is 0.396 e. The van der Waals surface area contributed by atoms with Crippen LogP contribution >= 0.6 is 0 Å². The predicted molar refractivity (Wildman–Crippen MR) is 94.2 cm³/mol. The smallest absolute Gasteiger partial charge is 0.319 e. The molecule has 24 heavy (non-hydrogen) atoms. The monoisotopic (exact) mass is 331 g/mol. The number of fused-ring (bicyclic) bond motifs is 1. The Labute approximate surface area is 141 Å². The van der Waals surface area contributed by atoms with Gasteiger partial charge in [0.2, 0.25) is 0 Å². The van der Waals surface area contributed by atoms with Gasteiger partial charge in [0, 0.05) is 49.1 Å². The molecule has 0 radical (unpaired) electrons. The highest BCUT2D eigenvalue weighted by atomic mass is 16.5. The standard InChI is InChI=1S/C18H25N3O3/c1-24-11-9-21-8-6-14-12-15(4-5-17(14)21)19-18(23)20-16(7-10-22)13-2-3-13/h4-6,8,12-13,16,22H,2-3,7,9-11H2,1H3,(H2,19,20,23)/t16-/m1/s1. The molecule has 0 unspecified atom stereocenters. The summed E-state index contributed by atoms with van der Waals surface area (Å²) in [6.07, 6.45) is 4.90. The molecule has 0 spiro atoms. The molecule has 1 aromatic heterocycles. The third kappa shape index (κ3) is 4.07. The Kier molecular flexibility index (Phi) is 5.37. The molecule has 1 aliphatic rings. The van der Waals surface area contributed by atoms with Crippen molar-refractivity contribution in [2.24, 2.45) is 5.92 Å². The lowest BCUT2D eigenvalue weighted by Crippen LogP contribution is -2.39. The zero-order valence-electron chi connectivity index (χ0n) is 14.0. The van der Waals surface area contributed by atoms with Gasteiger partial charge in [-0.3, -0.25) is 0 Å². The van der Waals surface area contributed by atoms with Gasteiger partial charge in [0.15, 0.2) is 0 Å². The highest BCUT2D eigenvalue weighted by Crippen LogP contribution is 2.34. The van der Waals surface area contributed by atoms with Crippen molar-refractivity contribution >= 4 is 22.6 Å². The molecule has 1 atom stereocenters. The van der Waals surface area contributed by atoms with Gasteiger partial charge in [-0.2, -0.15) is 0 Å². The molecule has 130 valence electrons. The number of hydrogen-bond donors (Lipinski definition) is 3. The van der Waals surface area contributed by atoms with Crippen LogP contribution in [0.4, 0.5) is 10.5 Å². The molecule has 0 aliphatic heterocycles. The number of aromatic nitrogens is 1. The maximum absolute atomic E-state index is 12.2. The van der Waals surface area contributed by atoms with Crippen LogP contribution in [0.25, 0.3) is 10.9 Å². The van der Waals surface area contributed by atoms with E-state index < -0.39 is 0 Å². The lowest BCUT2D eigenvalue weighted by Gasteiger charge is -2.17. The molecule has 6 nitrogen and oxygen atoms in total. The van der Waals surface area contributed by atoms with E-state index in [1.165, 1.54) is 0 Å². The summed E-state index contributed by atoms with van der Waals surface area (Å²) in [7, 11) is 1.69. The number of ether oxygens (including phenoxy) is 1. The van der Waals surface area contributed by atoms with Crippen molar-refractivity contribution in [1.82, 2.24) is 9.88 Å². The average Bonchev–Trinajstić information content (AvgIpc) is 3.34. The van der Waals surface area contributed by atoms with Gasteiger partial charge in [0.1, 0.15) is 0 Å². The Morgan fingerprint density at radius 1 is 1.42 bits per heavy atom. The predicted octanol–water partition coefficient (Wildman–Crippen LogP) is 2.57. The minimum atomic E-state index is -0.210. The molecule has 1 aromatic carbocycles. The molecule has 1 fully saturated rings. The summed E-state index contributed by atoms with van der Waals surface area (Å²) in [6.45, 7) is 1.57. The van der Waals surface area contributed by atoms with Crippen LogP contribution in [0.3, 0.4) is 0 Å². The van der Waals surface area contributed by atoms with Crippen LogP contribution in [0, 0.1) is 5.92 Å². The molecule has 0 bridgehead atoms. The van der Waals surface area contributed by atoms with Gasteiger partial charge in [0.25, 0.3) is 0 Å². The normalized spacial score (nSPS) is 15.4. The summed E-state index contributed by atoms with van der Waals surface area (Å²) in [5.41, 5.74) is 1.89. The Morgan fingerprint density at radius 2 is 2.25 bits per heavy atom. The fourth-order valence-electron chi connectivity index (χ4n) is 3.06. The topological polar surface area (TPSA) is 75.5 Å². The molecule has 0 saturated heterocycles. The summed E-state index contributed by atoms with van der Waals surface area (Å²) in [4.78, 5) is 12.2. The minimum absolute atomic E-state index is 0.0638. The highest BCUT2D eigenvalue weighted by Gasteiger charge is 2.31. The molecular formula is C18H25N3O3. The van der Waals surface area contributed by atoms with Gasteiger partial charge in [0.05, 0.1) is 6.61 Å². The van der Waals surface area contributed by atoms with Crippen molar-refractivity contribution in [2.45, 2.75) is 31.8 Å². The molecule has 1 saturated carbocycles. The van der Waals surface area contributed by atoms with Crippen molar-refractivity contribution in [2.75, 3.05) is 25.6 Å². The zero-order chi connectivity index (χ0) is 16.9. The van der Waals surface area contributed by atoms with E-state index in [1.807, 2.05) is 30.5 Å². The van der Waals surface area contributed by atoms with Crippen LogP contribution in [-0.4, -0.2) is 42.1 Å². The number of methoxy groups -OCH3 is 1. The van der Waals surface area contributed by atoms with E-state index in [9.17, 15) is 4.79 Å².